The molecule has 0 atom stereocenters. The largest absolute Gasteiger partial charge is 0.507 e. The first-order chi connectivity index (χ1) is 28.9. The average molecular weight is 896 g/mol. The number of para-hydroxylation sites is 2. The van der Waals surface area contributed by atoms with Gasteiger partial charge in [0.2, 0.25) is 0 Å². The molecule has 268 valence electrons. The number of fused-ring (bicyclic) bond motifs is 1. The molecule has 0 fully saturated rings. The fraction of sp³-hybridized carbons (Fsp3) is 0.0400. The number of pyridine rings is 1. The summed E-state index contributed by atoms with van der Waals surface area (Å²) in [4.78, 5) is 10.0. The molecular weight excluding hydrogens is 854 g/mol. The van der Waals surface area contributed by atoms with Crippen molar-refractivity contribution in [1.29, 1.82) is 0 Å². The number of hydrogen-bond acceptors (Lipinski definition) is 3. The number of nitrogens with zero attached hydrogens (tertiary/aromatic N) is 3. The molecule has 2 heterocycles. The van der Waals surface area contributed by atoms with Gasteiger partial charge in [0, 0.05) is 46.9 Å². The number of imidazole rings is 1. The van der Waals surface area contributed by atoms with Crippen molar-refractivity contribution in [1.82, 2.24) is 14.5 Å². The average Bonchev–Trinajstić information content (AvgIpc) is 3.66. The Kier molecular flexibility index (Phi) is 8.02. The van der Waals surface area contributed by atoms with Crippen LogP contribution >= 0.6 is 0 Å². The molecule has 0 radical (unpaired) electrons. The second kappa shape index (κ2) is 15.2. The number of aromatic nitrogens is 3. The van der Waals surface area contributed by atoms with Crippen molar-refractivity contribution in [2.24, 2.45) is 0 Å². The van der Waals surface area contributed by atoms with Gasteiger partial charge in [-0.2, -0.15) is 0 Å². The summed E-state index contributed by atoms with van der Waals surface area (Å²) >= 11 is 0. The number of rotatable bonds is 7. The van der Waals surface area contributed by atoms with Gasteiger partial charge in [-0.1, -0.05) is 138 Å². The first-order valence-corrected chi connectivity index (χ1v) is 17.6. The maximum absolute atomic E-state index is 11.3. The molecule has 0 saturated heterocycles. The third-order valence-electron chi connectivity index (χ3n) is 9.71. The first kappa shape index (κ1) is 29.1. The molecule has 0 aliphatic heterocycles. The Balaban J connectivity index is 0.00000514. The molecule has 0 spiro atoms. The number of aryl methyl sites for hydroxylation is 1. The smallest absolute Gasteiger partial charge is 0.148 e. The maximum Gasteiger partial charge on any atom is 0.148 e. The molecule has 5 heteroatoms. The fourth-order valence-electron chi connectivity index (χ4n) is 7.06. The predicted octanol–water partition coefficient (Wildman–Crippen LogP) is 12.5. The van der Waals surface area contributed by atoms with E-state index in [-0.39, 0.29) is 43.5 Å². The molecule has 7 aromatic carbocycles. The van der Waals surface area contributed by atoms with Gasteiger partial charge in [-0.15, -0.1) is 23.8 Å². The molecular formula is C50H36N3OPt-. The minimum absolute atomic E-state index is 0. The van der Waals surface area contributed by atoms with Gasteiger partial charge in [-0.3, -0.25) is 9.55 Å². The van der Waals surface area contributed by atoms with Crippen LogP contribution in [0.15, 0.2) is 176 Å². The zero-order chi connectivity index (χ0) is 41.6. The molecule has 0 bridgehead atoms. The Morgan fingerprint density at radius 2 is 1.22 bits per heavy atom. The summed E-state index contributed by atoms with van der Waals surface area (Å²) < 4.78 is 53.1. The Morgan fingerprint density at radius 1 is 0.564 bits per heavy atom. The van der Waals surface area contributed by atoms with Gasteiger partial charge in [-0.05, 0) is 89.0 Å². The van der Waals surface area contributed by atoms with Crippen molar-refractivity contribution in [3.05, 3.63) is 193 Å². The van der Waals surface area contributed by atoms with E-state index >= 15 is 0 Å². The topological polar surface area (TPSA) is 50.9 Å². The fourth-order valence-corrected chi connectivity index (χ4v) is 7.06. The summed E-state index contributed by atoms with van der Waals surface area (Å²) in [7, 11) is 0. The van der Waals surface area contributed by atoms with Crippen molar-refractivity contribution in [3.63, 3.8) is 0 Å². The molecule has 0 saturated carbocycles. The van der Waals surface area contributed by atoms with Gasteiger partial charge in [0.05, 0.1) is 16.6 Å². The molecule has 0 amide bonds. The van der Waals surface area contributed by atoms with E-state index in [1.165, 1.54) is 6.07 Å². The van der Waals surface area contributed by atoms with Crippen molar-refractivity contribution in [3.8, 4) is 78.6 Å². The first-order valence-electron chi connectivity index (χ1n) is 20.6. The number of aromatic hydroxyl groups is 1. The zero-order valence-corrected chi connectivity index (χ0v) is 31.6. The van der Waals surface area contributed by atoms with E-state index in [1.54, 1.807) is 65.4 Å². The van der Waals surface area contributed by atoms with E-state index in [0.717, 1.165) is 44.6 Å². The van der Waals surface area contributed by atoms with E-state index in [4.69, 9.17) is 18.2 Å². The second-order valence-corrected chi connectivity index (χ2v) is 13.1. The Bertz CT molecular complexity index is 3020. The van der Waals surface area contributed by atoms with Gasteiger partial charge < -0.3 is 5.11 Å². The van der Waals surface area contributed by atoms with E-state index in [1.807, 2.05) is 66.7 Å². The van der Waals surface area contributed by atoms with Crippen molar-refractivity contribution in [2.45, 2.75) is 13.7 Å². The van der Waals surface area contributed by atoms with Crippen LogP contribution in [0, 0.1) is 19.8 Å². The van der Waals surface area contributed by atoms with Crippen LogP contribution in [0.2, 0.25) is 0 Å². The third kappa shape index (κ3) is 6.82. The van der Waals surface area contributed by atoms with E-state index in [2.05, 4.69) is 48.5 Å². The monoisotopic (exact) mass is 895 g/mol. The molecule has 0 aliphatic carbocycles. The third-order valence-corrected chi connectivity index (χ3v) is 9.71. The Hall–Kier alpha value is -6.35. The summed E-state index contributed by atoms with van der Waals surface area (Å²) in [6.07, 6.45) is 1.80. The quantitative estimate of drug-likeness (QED) is 0.162. The standard InChI is InChI=1S/C50H36N3O.Pt/c1-33-27-42(32-45(34(33)2)37-19-10-5-11-20-37)53-47-23-14-22-43(49(47)52-50(53)44-21-12-13-24-48(44)54)40-28-39(36-17-8-4-9-18-36)29-41(30-40)46-31-38(25-26-51-46)35-15-6-3-7-16-35;/h3-29,31-32,54H,1-2H3;/q-1;/i1D3,2D3;. The van der Waals surface area contributed by atoms with E-state index in [0.29, 0.717) is 33.7 Å². The van der Waals surface area contributed by atoms with Gasteiger partial charge in [-0.25, -0.2) is 4.98 Å². The number of benzene rings is 7. The van der Waals surface area contributed by atoms with Crippen molar-refractivity contribution >= 4 is 11.0 Å². The normalized spacial score (nSPS) is 13.1. The summed E-state index contributed by atoms with van der Waals surface area (Å²) in [6.45, 7) is -5.53. The molecule has 1 N–H and O–H groups in total. The minimum atomic E-state index is -2.78. The van der Waals surface area contributed by atoms with Gasteiger partial charge in [0.25, 0.3) is 0 Å². The van der Waals surface area contributed by atoms with Crippen LogP contribution in [-0.2, 0) is 21.1 Å². The maximum atomic E-state index is 11.3. The van der Waals surface area contributed by atoms with Crippen LogP contribution in [0.1, 0.15) is 19.4 Å². The Labute approximate surface area is 344 Å². The number of phenolic OH excluding ortho intramolecular Hbond substituents is 1. The minimum Gasteiger partial charge on any atom is -0.507 e. The van der Waals surface area contributed by atoms with Crippen LogP contribution < -0.4 is 0 Å². The second-order valence-electron chi connectivity index (χ2n) is 13.1. The van der Waals surface area contributed by atoms with Crippen LogP contribution in [0.4, 0.5) is 0 Å². The molecule has 0 unspecified atom stereocenters. The van der Waals surface area contributed by atoms with Gasteiger partial charge >= 0.3 is 0 Å². The molecule has 4 nitrogen and oxygen atoms in total. The summed E-state index contributed by atoms with van der Waals surface area (Å²) in [6, 6.07) is 56.7. The molecule has 2 aromatic heterocycles. The number of hydrogen-bond donors (Lipinski definition) is 1. The summed E-state index contributed by atoms with van der Waals surface area (Å²) in [5.41, 5.74) is 9.24. The number of phenols is 1. The van der Waals surface area contributed by atoms with Crippen LogP contribution in [0.5, 0.6) is 5.75 Å². The van der Waals surface area contributed by atoms with Crippen molar-refractivity contribution in [2.75, 3.05) is 0 Å². The molecule has 55 heavy (non-hydrogen) atoms. The van der Waals surface area contributed by atoms with Crippen molar-refractivity contribution < 1.29 is 34.4 Å². The van der Waals surface area contributed by atoms with Crippen LogP contribution in [-0.4, -0.2) is 19.6 Å². The molecule has 9 rings (SSSR count). The predicted molar refractivity (Wildman–Crippen MR) is 221 cm³/mol. The zero-order valence-electron chi connectivity index (χ0n) is 35.3. The van der Waals surface area contributed by atoms with E-state index < -0.39 is 13.7 Å². The molecule has 9 aromatic rings. The van der Waals surface area contributed by atoms with Gasteiger partial charge in [0.15, 0.2) is 0 Å². The van der Waals surface area contributed by atoms with Crippen LogP contribution in [0.3, 0.4) is 0 Å². The Morgan fingerprint density at radius 3 is 1.93 bits per heavy atom. The molecule has 0 aliphatic rings. The summed E-state index contributed by atoms with van der Waals surface area (Å²) in [5, 5.41) is 11.3. The van der Waals surface area contributed by atoms with Crippen LogP contribution in [0.25, 0.3) is 83.9 Å². The summed E-state index contributed by atoms with van der Waals surface area (Å²) in [5.74, 6) is 0.308. The van der Waals surface area contributed by atoms with E-state index in [9.17, 15) is 5.11 Å². The van der Waals surface area contributed by atoms with Gasteiger partial charge in [0.1, 0.15) is 11.6 Å². The SMILES string of the molecule is [2H]C([2H])([2H])c1cc(-n2c(-c3ccccc3O)nc3c(-c4[c-]c(-c5cc(-c6ccccc6)ccn5)cc(-c5ccccc5)c4)cccc32)cc(-c2ccccc2)c1C([2H])([2H])[2H].[Pt].